The molecular formula is C24H27ClFN4O4+. The second kappa shape index (κ2) is 11.7. The third-order valence-corrected chi connectivity index (χ3v) is 5.71. The Morgan fingerprint density at radius 2 is 1.97 bits per heavy atom. The molecule has 2 N–H and O–H groups in total. The standard InChI is InChI=1S/C24H26ClFN4O4/c1-2-12-27-21(31)9-5-6-13-29-23(33)17-7-3-4-8-20(17)30(24(29)34)15-22(32)28-16-10-11-19(26)18(25)14-16/h3-4,7-8,10-11,14,17H,2,5-6,9,12-13,15H2,1H3,(H-,27,28,31,32)/p+1. The molecule has 1 atom stereocenters. The van der Waals surface area contributed by atoms with Crippen molar-refractivity contribution in [2.45, 2.75) is 32.6 Å². The average molecular weight is 490 g/mol. The Labute approximate surface area is 202 Å². The Morgan fingerprint density at radius 3 is 2.71 bits per heavy atom. The Balaban J connectivity index is 1.69. The van der Waals surface area contributed by atoms with E-state index in [-0.39, 0.29) is 35.6 Å². The van der Waals surface area contributed by atoms with Crippen LogP contribution in [0.4, 0.5) is 14.9 Å². The van der Waals surface area contributed by atoms with Crippen LogP contribution in [0.5, 0.6) is 0 Å². The molecule has 0 bridgehead atoms. The van der Waals surface area contributed by atoms with E-state index in [4.69, 9.17) is 11.6 Å². The van der Waals surface area contributed by atoms with Gasteiger partial charge in [0, 0.05) is 18.7 Å². The first kappa shape index (κ1) is 25.3. The molecule has 0 spiro atoms. The van der Waals surface area contributed by atoms with E-state index < -0.39 is 23.7 Å². The van der Waals surface area contributed by atoms with Crippen molar-refractivity contribution in [2.75, 3.05) is 25.0 Å². The quantitative estimate of drug-likeness (QED) is 0.389. The molecule has 1 aromatic carbocycles. The van der Waals surface area contributed by atoms with Crippen LogP contribution >= 0.6 is 11.6 Å². The second-order valence-electron chi connectivity index (χ2n) is 7.99. The summed E-state index contributed by atoms with van der Waals surface area (Å²) in [4.78, 5) is 51.7. The van der Waals surface area contributed by atoms with Gasteiger partial charge in [0.1, 0.15) is 17.4 Å². The smallest absolute Gasteiger partial charge is 0.356 e. The Kier molecular flexibility index (Phi) is 8.70. The highest BCUT2D eigenvalue weighted by molar-refractivity contribution is 6.31. The highest BCUT2D eigenvalue weighted by Crippen LogP contribution is 2.22. The molecule has 1 aliphatic heterocycles. The molecule has 10 heteroatoms. The summed E-state index contributed by atoms with van der Waals surface area (Å²) >= 11 is 5.76. The van der Waals surface area contributed by atoms with Gasteiger partial charge in [0.25, 0.3) is 5.91 Å². The van der Waals surface area contributed by atoms with Crippen molar-refractivity contribution in [3.63, 3.8) is 0 Å². The van der Waals surface area contributed by atoms with Crippen molar-refractivity contribution < 1.29 is 28.1 Å². The van der Waals surface area contributed by atoms with Gasteiger partial charge in [-0.05, 0) is 43.5 Å². The predicted molar refractivity (Wildman–Crippen MR) is 126 cm³/mol. The number of carbonyl (C=O) groups is 4. The number of rotatable bonds is 10. The number of allylic oxidation sites excluding steroid dienone is 3. The number of nitrogens with zero attached hydrogens (tertiary/aromatic N) is 2. The Morgan fingerprint density at radius 1 is 1.18 bits per heavy atom. The fraction of sp³-hybridized carbons (Fsp3) is 0.375. The lowest BCUT2D eigenvalue weighted by molar-refractivity contribution is -0.427. The van der Waals surface area contributed by atoms with Crippen LogP contribution in [0.1, 0.15) is 32.6 Å². The van der Waals surface area contributed by atoms with E-state index >= 15 is 0 Å². The topological polar surface area (TPSA) is 98.6 Å². The van der Waals surface area contributed by atoms with Gasteiger partial charge in [-0.25, -0.2) is 9.18 Å². The van der Waals surface area contributed by atoms with Crippen molar-refractivity contribution >= 4 is 46.8 Å². The first-order chi connectivity index (χ1) is 16.3. The first-order valence-electron chi connectivity index (χ1n) is 11.2. The summed E-state index contributed by atoms with van der Waals surface area (Å²) in [6.45, 7) is 2.39. The van der Waals surface area contributed by atoms with Crippen LogP contribution in [-0.2, 0) is 14.4 Å². The summed E-state index contributed by atoms with van der Waals surface area (Å²) in [5, 5.41) is 5.25. The second-order valence-corrected chi connectivity index (χ2v) is 8.40. The van der Waals surface area contributed by atoms with Gasteiger partial charge in [0.05, 0.1) is 11.6 Å². The number of urea groups is 1. The normalized spacial score (nSPS) is 17.1. The van der Waals surface area contributed by atoms with E-state index in [1.165, 1.54) is 16.7 Å². The summed E-state index contributed by atoms with van der Waals surface area (Å²) in [6, 6.07) is 3.17. The monoisotopic (exact) mass is 489 g/mol. The molecule has 8 nitrogen and oxygen atoms in total. The lowest BCUT2D eigenvalue weighted by Gasteiger charge is -2.26. The number of hydrogen-bond acceptors (Lipinski definition) is 4. The zero-order valence-corrected chi connectivity index (χ0v) is 19.6. The third-order valence-electron chi connectivity index (χ3n) is 5.42. The third kappa shape index (κ3) is 6.17. The maximum Gasteiger partial charge on any atom is 0.501 e. The summed E-state index contributed by atoms with van der Waals surface area (Å²) in [6.07, 6.45) is 8.88. The van der Waals surface area contributed by atoms with Gasteiger partial charge in [-0.3, -0.25) is 9.59 Å². The first-order valence-corrected chi connectivity index (χ1v) is 11.6. The van der Waals surface area contributed by atoms with Crippen LogP contribution in [0, 0.1) is 11.7 Å². The molecule has 1 heterocycles. The summed E-state index contributed by atoms with van der Waals surface area (Å²) < 4.78 is 14.6. The SMILES string of the molecule is CCCNC(=O)CCCCN1C(=O)C2C=CC=CC2=[N+](CC(=O)Nc2ccc(F)c(Cl)c2)C1=O. The Hall–Kier alpha value is -3.33. The van der Waals surface area contributed by atoms with E-state index in [9.17, 15) is 23.6 Å². The molecule has 180 valence electrons. The van der Waals surface area contributed by atoms with Gasteiger partial charge >= 0.3 is 11.9 Å². The van der Waals surface area contributed by atoms with Gasteiger partial charge in [0.2, 0.25) is 5.91 Å². The molecule has 1 unspecified atom stereocenters. The number of fused-ring (bicyclic) bond motifs is 1. The number of benzene rings is 1. The van der Waals surface area contributed by atoms with Crippen LogP contribution in [-0.4, -0.2) is 58.6 Å². The molecule has 0 fully saturated rings. The zero-order valence-electron chi connectivity index (χ0n) is 18.9. The molecule has 1 aromatic rings. The minimum Gasteiger partial charge on any atom is -0.356 e. The van der Waals surface area contributed by atoms with Gasteiger partial charge in [-0.2, -0.15) is 14.3 Å². The number of halogens is 2. The van der Waals surface area contributed by atoms with Crippen molar-refractivity contribution in [1.82, 2.24) is 10.2 Å². The highest BCUT2D eigenvalue weighted by atomic mass is 35.5. The molecule has 0 saturated heterocycles. The van der Waals surface area contributed by atoms with E-state index in [1.54, 1.807) is 24.3 Å². The summed E-state index contributed by atoms with van der Waals surface area (Å²) in [5.74, 6) is -2.23. The molecule has 3 rings (SSSR count). The molecule has 1 aliphatic carbocycles. The van der Waals surface area contributed by atoms with Crippen molar-refractivity contribution in [1.29, 1.82) is 0 Å². The molecule has 34 heavy (non-hydrogen) atoms. The Bertz CT molecular complexity index is 1080. The maximum absolute atomic E-state index is 13.4. The lowest BCUT2D eigenvalue weighted by Crippen LogP contribution is -2.55. The van der Waals surface area contributed by atoms with E-state index in [0.717, 1.165) is 17.4 Å². The number of imide groups is 1. The molecular weight excluding hydrogens is 463 g/mol. The number of anilines is 1. The van der Waals surface area contributed by atoms with Gasteiger partial charge in [0.15, 0.2) is 6.54 Å². The van der Waals surface area contributed by atoms with Gasteiger partial charge < -0.3 is 10.6 Å². The van der Waals surface area contributed by atoms with Crippen LogP contribution in [0.15, 0.2) is 42.5 Å². The van der Waals surface area contributed by atoms with Crippen LogP contribution < -0.4 is 10.6 Å². The van der Waals surface area contributed by atoms with Crippen LogP contribution in [0.2, 0.25) is 5.02 Å². The zero-order chi connectivity index (χ0) is 24.7. The van der Waals surface area contributed by atoms with Crippen LogP contribution in [0.25, 0.3) is 0 Å². The van der Waals surface area contributed by atoms with E-state index in [1.807, 2.05) is 6.92 Å². The van der Waals surface area contributed by atoms with E-state index in [2.05, 4.69) is 10.6 Å². The number of hydrogen-bond donors (Lipinski definition) is 2. The van der Waals surface area contributed by atoms with Crippen molar-refractivity contribution in [2.24, 2.45) is 5.92 Å². The van der Waals surface area contributed by atoms with Crippen molar-refractivity contribution in [3.05, 3.63) is 53.3 Å². The minimum absolute atomic E-state index is 0.0617. The lowest BCUT2D eigenvalue weighted by atomic mass is 9.94. The average Bonchev–Trinajstić information content (AvgIpc) is 2.82. The molecule has 2 aliphatic rings. The fourth-order valence-corrected chi connectivity index (χ4v) is 3.89. The number of amides is 5. The van der Waals surface area contributed by atoms with Crippen LogP contribution in [0.3, 0.4) is 0 Å². The fourth-order valence-electron chi connectivity index (χ4n) is 3.71. The summed E-state index contributed by atoms with van der Waals surface area (Å²) in [5.41, 5.74) is 0.704. The molecule has 5 amide bonds. The maximum atomic E-state index is 13.4. The predicted octanol–water partition coefficient (Wildman–Crippen LogP) is 3.27. The number of carbonyl (C=O) groups excluding carboxylic acids is 4. The highest BCUT2D eigenvalue weighted by Gasteiger charge is 2.46. The largest absolute Gasteiger partial charge is 0.501 e. The minimum atomic E-state index is -0.677. The van der Waals surface area contributed by atoms with Gasteiger partial charge in [-0.1, -0.05) is 36.8 Å². The summed E-state index contributed by atoms with van der Waals surface area (Å²) in [7, 11) is 0. The number of nitrogens with one attached hydrogen (secondary N) is 2. The number of unbranched alkanes of at least 4 members (excludes halogenated alkanes) is 1. The molecule has 0 radical (unpaired) electrons. The molecule has 0 saturated carbocycles. The van der Waals surface area contributed by atoms with E-state index in [0.29, 0.717) is 31.5 Å². The molecule has 0 aromatic heterocycles. The van der Waals surface area contributed by atoms with Gasteiger partial charge in [-0.15, -0.1) is 0 Å². The van der Waals surface area contributed by atoms with Crippen molar-refractivity contribution in [3.8, 4) is 0 Å².